The predicted octanol–water partition coefficient (Wildman–Crippen LogP) is 2.01. The van der Waals surface area contributed by atoms with Crippen molar-refractivity contribution < 1.29 is 14.3 Å². The lowest BCUT2D eigenvalue weighted by Crippen LogP contribution is -2.09. The fourth-order valence-electron chi connectivity index (χ4n) is 1.13. The highest BCUT2D eigenvalue weighted by Gasteiger charge is 2.10. The van der Waals surface area contributed by atoms with Crippen LogP contribution in [0.15, 0.2) is 43.0 Å². The van der Waals surface area contributed by atoms with Crippen molar-refractivity contribution in [2.24, 2.45) is 0 Å². The Bertz CT molecular complexity index is 274. The zero-order valence-corrected chi connectivity index (χ0v) is 8.60. The third-order valence-corrected chi connectivity index (χ3v) is 2.23. The van der Waals surface area contributed by atoms with Crippen LogP contribution in [0.1, 0.15) is 5.56 Å². The zero-order chi connectivity index (χ0) is 10.4. The lowest BCUT2D eigenvalue weighted by atomic mass is 10.1. The lowest BCUT2D eigenvalue weighted by Gasteiger charge is -2.13. The Labute approximate surface area is 84.7 Å². The fraction of sp³-hybridized carbons (Fsp3) is 0.200. The number of rotatable bonds is 5. The minimum Gasteiger partial charge on any atom is -0.328 e. The van der Waals surface area contributed by atoms with Crippen LogP contribution >= 0.6 is 8.60 Å². The normalized spacial score (nSPS) is 12.8. The highest BCUT2D eigenvalue weighted by Crippen LogP contribution is 2.28. The van der Waals surface area contributed by atoms with Gasteiger partial charge in [0, 0.05) is 6.42 Å². The third kappa shape index (κ3) is 3.99. The maximum atomic E-state index is 8.68. The second-order valence-electron chi connectivity index (χ2n) is 2.82. The van der Waals surface area contributed by atoms with Crippen LogP contribution in [0.4, 0.5) is 0 Å². The van der Waals surface area contributed by atoms with E-state index in [1.54, 1.807) is 6.08 Å². The molecule has 3 nitrogen and oxygen atoms in total. The van der Waals surface area contributed by atoms with Gasteiger partial charge in [0.05, 0.1) is 6.10 Å². The van der Waals surface area contributed by atoms with E-state index in [9.17, 15) is 0 Å². The molecule has 2 N–H and O–H groups in total. The molecule has 1 unspecified atom stereocenters. The van der Waals surface area contributed by atoms with Crippen molar-refractivity contribution in [3.8, 4) is 0 Å². The third-order valence-electron chi connectivity index (χ3n) is 1.77. The maximum absolute atomic E-state index is 8.68. The molecule has 0 aliphatic rings. The van der Waals surface area contributed by atoms with Crippen molar-refractivity contribution in [2.75, 3.05) is 0 Å². The highest BCUT2D eigenvalue weighted by molar-refractivity contribution is 7.39. The van der Waals surface area contributed by atoms with E-state index in [1.165, 1.54) is 0 Å². The van der Waals surface area contributed by atoms with Crippen LogP contribution in [0.2, 0.25) is 0 Å². The van der Waals surface area contributed by atoms with Gasteiger partial charge in [-0.2, -0.15) is 0 Å². The van der Waals surface area contributed by atoms with E-state index in [4.69, 9.17) is 14.3 Å². The van der Waals surface area contributed by atoms with Gasteiger partial charge in [0.1, 0.15) is 0 Å². The van der Waals surface area contributed by atoms with Crippen molar-refractivity contribution in [3.05, 3.63) is 48.6 Å². The van der Waals surface area contributed by atoms with Crippen LogP contribution in [-0.2, 0) is 10.9 Å². The minimum atomic E-state index is -2.31. The molecule has 4 heteroatoms. The largest absolute Gasteiger partial charge is 0.328 e. The Morgan fingerprint density at radius 3 is 2.50 bits per heavy atom. The van der Waals surface area contributed by atoms with Gasteiger partial charge in [-0.05, 0) is 5.56 Å². The summed E-state index contributed by atoms with van der Waals surface area (Å²) < 4.78 is 4.86. The topological polar surface area (TPSA) is 49.7 Å². The summed E-state index contributed by atoms with van der Waals surface area (Å²) in [4.78, 5) is 17.4. The SMILES string of the molecule is C=CC(Cc1ccccc1)OP(O)O. The summed E-state index contributed by atoms with van der Waals surface area (Å²) >= 11 is 0. The summed E-state index contributed by atoms with van der Waals surface area (Å²) in [5.74, 6) is 0. The van der Waals surface area contributed by atoms with Gasteiger partial charge < -0.3 is 14.3 Å². The second kappa shape index (κ2) is 5.89. The maximum Gasteiger partial charge on any atom is 0.327 e. The van der Waals surface area contributed by atoms with E-state index in [2.05, 4.69) is 6.58 Å². The Hall–Kier alpha value is -0.730. The van der Waals surface area contributed by atoms with Crippen LogP contribution < -0.4 is 0 Å². The summed E-state index contributed by atoms with van der Waals surface area (Å²) in [6, 6.07) is 9.69. The van der Waals surface area contributed by atoms with Crippen molar-refractivity contribution >= 4 is 8.60 Å². The number of benzene rings is 1. The molecule has 0 amide bonds. The van der Waals surface area contributed by atoms with E-state index >= 15 is 0 Å². The Kier molecular flexibility index (Phi) is 4.77. The summed E-state index contributed by atoms with van der Waals surface area (Å²) in [5, 5.41) is 0. The standard InChI is InChI=1S/C10H13O3P/c1-2-10(13-14(11)12)8-9-6-4-3-5-7-9/h2-7,10-12H,1,8H2. The van der Waals surface area contributed by atoms with Crippen LogP contribution in [0.25, 0.3) is 0 Å². The molecule has 76 valence electrons. The van der Waals surface area contributed by atoms with Gasteiger partial charge in [0.2, 0.25) is 0 Å². The highest BCUT2D eigenvalue weighted by atomic mass is 31.2. The first-order valence-corrected chi connectivity index (χ1v) is 5.40. The van der Waals surface area contributed by atoms with E-state index in [1.807, 2.05) is 30.3 Å². The summed E-state index contributed by atoms with van der Waals surface area (Å²) in [5.41, 5.74) is 1.08. The molecule has 1 atom stereocenters. The first-order valence-electron chi connectivity index (χ1n) is 4.23. The van der Waals surface area contributed by atoms with Crippen molar-refractivity contribution in [1.29, 1.82) is 0 Å². The zero-order valence-electron chi connectivity index (χ0n) is 7.71. The van der Waals surface area contributed by atoms with Gasteiger partial charge in [-0.15, -0.1) is 6.58 Å². The molecule has 14 heavy (non-hydrogen) atoms. The van der Waals surface area contributed by atoms with Crippen molar-refractivity contribution in [3.63, 3.8) is 0 Å². The molecule has 1 rings (SSSR count). The van der Waals surface area contributed by atoms with Gasteiger partial charge in [-0.1, -0.05) is 36.4 Å². The van der Waals surface area contributed by atoms with E-state index < -0.39 is 8.60 Å². The molecule has 0 aliphatic heterocycles. The first kappa shape index (κ1) is 11.3. The van der Waals surface area contributed by atoms with E-state index in [0.29, 0.717) is 6.42 Å². The van der Waals surface area contributed by atoms with Crippen LogP contribution in [-0.4, -0.2) is 15.9 Å². The summed E-state index contributed by atoms with van der Waals surface area (Å²) in [6.45, 7) is 3.57. The quantitative estimate of drug-likeness (QED) is 0.579. The molecule has 0 fully saturated rings. The van der Waals surface area contributed by atoms with Gasteiger partial charge >= 0.3 is 8.60 Å². The van der Waals surface area contributed by atoms with Crippen LogP contribution in [0.5, 0.6) is 0 Å². The molecule has 0 saturated heterocycles. The van der Waals surface area contributed by atoms with Gasteiger partial charge in [-0.3, -0.25) is 0 Å². The molecule has 0 aromatic heterocycles. The lowest BCUT2D eigenvalue weighted by molar-refractivity contribution is 0.207. The summed E-state index contributed by atoms with van der Waals surface area (Å²) in [6.07, 6.45) is 1.82. The molecule has 0 heterocycles. The van der Waals surface area contributed by atoms with Gasteiger partial charge in [-0.25, -0.2) is 0 Å². The Morgan fingerprint density at radius 1 is 1.36 bits per heavy atom. The number of hydrogen-bond donors (Lipinski definition) is 2. The average Bonchev–Trinajstić information content (AvgIpc) is 2.17. The molecule has 0 saturated carbocycles. The first-order chi connectivity index (χ1) is 6.72. The van der Waals surface area contributed by atoms with Gasteiger partial charge in [0.25, 0.3) is 0 Å². The van der Waals surface area contributed by atoms with E-state index in [0.717, 1.165) is 5.56 Å². The van der Waals surface area contributed by atoms with Crippen molar-refractivity contribution in [1.82, 2.24) is 0 Å². The summed E-state index contributed by atoms with van der Waals surface area (Å²) in [7, 11) is -2.31. The molecule has 0 aliphatic carbocycles. The predicted molar refractivity (Wildman–Crippen MR) is 56.6 cm³/mol. The molecular formula is C10H13O3P. The molecule has 1 aromatic rings. The van der Waals surface area contributed by atoms with Gasteiger partial charge in [0.15, 0.2) is 0 Å². The minimum absolute atomic E-state index is 0.349. The van der Waals surface area contributed by atoms with Crippen LogP contribution in [0.3, 0.4) is 0 Å². The molecule has 0 spiro atoms. The Balaban J connectivity index is 2.53. The van der Waals surface area contributed by atoms with Crippen molar-refractivity contribution in [2.45, 2.75) is 12.5 Å². The van der Waals surface area contributed by atoms with E-state index in [-0.39, 0.29) is 6.10 Å². The molecule has 0 bridgehead atoms. The molecule has 0 radical (unpaired) electrons. The smallest absolute Gasteiger partial charge is 0.327 e. The number of hydrogen-bond acceptors (Lipinski definition) is 3. The van der Waals surface area contributed by atoms with Crippen LogP contribution in [0, 0.1) is 0 Å². The fourth-order valence-corrected chi connectivity index (χ4v) is 1.53. The molecular weight excluding hydrogens is 199 g/mol. The molecule has 1 aromatic carbocycles. The Morgan fingerprint density at radius 2 is 2.00 bits per heavy atom. The second-order valence-corrected chi connectivity index (χ2v) is 3.54. The monoisotopic (exact) mass is 212 g/mol. The average molecular weight is 212 g/mol.